The summed E-state index contributed by atoms with van der Waals surface area (Å²) in [6.07, 6.45) is 3.77. The monoisotopic (exact) mass is 347 g/mol. The molecule has 0 radical (unpaired) electrons. The fourth-order valence-electron chi connectivity index (χ4n) is 3.07. The molecule has 0 saturated heterocycles. The lowest BCUT2D eigenvalue weighted by Gasteiger charge is -2.09. The number of fused-ring (bicyclic) bond motifs is 2. The van der Waals surface area contributed by atoms with E-state index in [0.29, 0.717) is 34.0 Å². The maximum Gasteiger partial charge on any atom is 0.258 e. The third-order valence-corrected chi connectivity index (χ3v) is 4.52. The molecule has 6 nitrogen and oxygen atoms in total. The third kappa shape index (κ3) is 2.57. The van der Waals surface area contributed by atoms with E-state index in [1.54, 1.807) is 24.4 Å². The fourth-order valence-corrected chi connectivity index (χ4v) is 3.07. The van der Waals surface area contributed by atoms with Gasteiger partial charge >= 0.3 is 0 Å². The molecule has 2 N–H and O–H groups in total. The number of H-pyrrole nitrogens is 1. The number of hydrogen-bond donors (Lipinski definition) is 2. The van der Waals surface area contributed by atoms with Crippen molar-refractivity contribution in [2.45, 2.75) is 18.8 Å². The van der Waals surface area contributed by atoms with E-state index in [1.165, 1.54) is 12.1 Å². The summed E-state index contributed by atoms with van der Waals surface area (Å²) in [5, 5.41) is 3.24. The lowest BCUT2D eigenvalue weighted by molar-refractivity contribution is 0.102. The molecule has 3 aromatic heterocycles. The van der Waals surface area contributed by atoms with Crippen molar-refractivity contribution in [3.8, 4) is 0 Å². The van der Waals surface area contributed by atoms with Crippen LogP contribution in [0, 0.1) is 5.82 Å². The smallest absolute Gasteiger partial charge is 0.258 e. The average Bonchev–Trinajstić information content (AvgIpc) is 3.40. The van der Waals surface area contributed by atoms with Gasteiger partial charge in [-0.2, -0.15) is 4.98 Å². The van der Waals surface area contributed by atoms with Gasteiger partial charge in [-0.25, -0.2) is 9.37 Å². The van der Waals surface area contributed by atoms with Crippen LogP contribution >= 0.6 is 0 Å². The minimum absolute atomic E-state index is 0.304. The first-order valence-corrected chi connectivity index (χ1v) is 8.40. The number of imidazole rings is 1. The van der Waals surface area contributed by atoms with E-state index in [4.69, 9.17) is 0 Å². The van der Waals surface area contributed by atoms with Crippen LogP contribution in [0.4, 0.5) is 10.3 Å². The van der Waals surface area contributed by atoms with Gasteiger partial charge in [-0.3, -0.25) is 15.1 Å². The van der Waals surface area contributed by atoms with Crippen LogP contribution in [-0.2, 0) is 0 Å². The van der Waals surface area contributed by atoms with Crippen molar-refractivity contribution >= 4 is 33.9 Å². The second kappa shape index (κ2) is 5.59. The van der Waals surface area contributed by atoms with Gasteiger partial charge in [0.25, 0.3) is 5.91 Å². The minimum Gasteiger partial charge on any atom is -0.322 e. The molecule has 7 heteroatoms. The largest absolute Gasteiger partial charge is 0.322 e. The summed E-state index contributed by atoms with van der Waals surface area (Å²) in [7, 11) is 0. The molecule has 1 fully saturated rings. The standard InChI is InChI=1S/C19H14FN5O/c20-11-5-6-14-12(8-11)13(9-16(22-14)10-3-4-10)18(26)25-19-23-15-2-1-7-21-17(15)24-19/h1-2,5-10H,3-4H2,(H2,21,23,24,25,26). The number of aromatic amines is 1. The summed E-state index contributed by atoms with van der Waals surface area (Å²) in [5.41, 5.74) is 3.14. The Labute approximate surface area is 147 Å². The number of carbonyl (C=O) groups excluding carboxylic acids is 1. The first-order chi connectivity index (χ1) is 12.7. The zero-order valence-electron chi connectivity index (χ0n) is 13.7. The highest BCUT2D eigenvalue weighted by Crippen LogP contribution is 2.40. The molecule has 5 rings (SSSR count). The van der Waals surface area contributed by atoms with Crippen molar-refractivity contribution in [2.24, 2.45) is 0 Å². The number of nitrogens with zero attached hydrogens (tertiary/aromatic N) is 3. The molecule has 26 heavy (non-hydrogen) atoms. The second-order valence-electron chi connectivity index (χ2n) is 6.44. The molecule has 128 valence electrons. The third-order valence-electron chi connectivity index (χ3n) is 4.52. The van der Waals surface area contributed by atoms with E-state index in [2.05, 4.69) is 25.3 Å². The van der Waals surface area contributed by atoms with Crippen molar-refractivity contribution in [2.75, 3.05) is 5.32 Å². The van der Waals surface area contributed by atoms with Gasteiger partial charge in [0.15, 0.2) is 5.65 Å². The highest BCUT2D eigenvalue weighted by Gasteiger charge is 2.27. The molecule has 1 aliphatic rings. The normalized spacial score (nSPS) is 14.0. The molecule has 0 unspecified atom stereocenters. The van der Waals surface area contributed by atoms with Crippen LogP contribution in [0.2, 0.25) is 0 Å². The van der Waals surface area contributed by atoms with Gasteiger partial charge in [-0.15, -0.1) is 0 Å². The van der Waals surface area contributed by atoms with E-state index >= 15 is 0 Å². The number of amides is 1. The molecular formula is C19H14FN5O. The molecule has 0 spiro atoms. The maximum absolute atomic E-state index is 13.7. The highest BCUT2D eigenvalue weighted by atomic mass is 19.1. The molecule has 3 heterocycles. The Balaban J connectivity index is 1.57. The van der Waals surface area contributed by atoms with Crippen LogP contribution in [0.5, 0.6) is 0 Å². The molecular weight excluding hydrogens is 333 g/mol. The topological polar surface area (TPSA) is 83.6 Å². The SMILES string of the molecule is O=C(Nc1nc2ncccc2[nH]1)c1cc(C2CC2)nc2ccc(F)cc12. The van der Waals surface area contributed by atoms with Gasteiger partial charge in [-0.1, -0.05) is 0 Å². The van der Waals surface area contributed by atoms with Crippen molar-refractivity contribution in [1.82, 2.24) is 19.9 Å². The predicted molar refractivity (Wildman–Crippen MR) is 95.5 cm³/mol. The number of carbonyl (C=O) groups is 1. The summed E-state index contributed by atoms with van der Waals surface area (Å²) in [6, 6.07) is 9.68. The van der Waals surface area contributed by atoms with Crippen LogP contribution in [0.25, 0.3) is 22.1 Å². The van der Waals surface area contributed by atoms with Crippen molar-refractivity contribution in [3.63, 3.8) is 0 Å². The molecule has 0 atom stereocenters. The highest BCUT2D eigenvalue weighted by molar-refractivity contribution is 6.12. The number of hydrogen-bond acceptors (Lipinski definition) is 4. The lowest BCUT2D eigenvalue weighted by atomic mass is 10.1. The maximum atomic E-state index is 13.7. The summed E-state index contributed by atoms with van der Waals surface area (Å²) in [6.45, 7) is 0. The predicted octanol–water partition coefficient (Wildman–Crippen LogP) is 3.77. The van der Waals surface area contributed by atoms with E-state index in [1.807, 2.05) is 6.07 Å². The van der Waals surface area contributed by atoms with E-state index in [9.17, 15) is 9.18 Å². The quantitative estimate of drug-likeness (QED) is 0.591. The number of halogens is 1. The Kier molecular flexibility index (Phi) is 3.21. The molecule has 0 bridgehead atoms. The number of rotatable bonds is 3. The van der Waals surface area contributed by atoms with Gasteiger partial charge in [0.1, 0.15) is 5.82 Å². The average molecular weight is 347 g/mol. The van der Waals surface area contributed by atoms with Gasteiger partial charge in [0, 0.05) is 23.2 Å². The first-order valence-electron chi connectivity index (χ1n) is 8.40. The number of anilines is 1. The van der Waals surface area contributed by atoms with Crippen LogP contribution in [0.15, 0.2) is 42.6 Å². The number of benzene rings is 1. The van der Waals surface area contributed by atoms with Crippen LogP contribution < -0.4 is 5.32 Å². The van der Waals surface area contributed by atoms with Gasteiger partial charge in [0.2, 0.25) is 5.95 Å². The van der Waals surface area contributed by atoms with E-state index in [0.717, 1.165) is 24.1 Å². The zero-order chi connectivity index (χ0) is 17.7. The van der Waals surface area contributed by atoms with Crippen LogP contribution in [0.1, 0.15) is 34.8 Å². The molecule has 1 amide bonds. The Bertz CT molecular complexity index is 1130. The minimum atomic E-state index is -0.402. The Morgan fingerprint density at radius 1 is 1.19 bits per heavy atom. The molecule has 1 saturated carbocycles. The van der Waals surface area contributed by atoms with Gasteiger partial charge in [-0.05, 0) is 49.2 Å². The Morgan fingerprint density at radius 3 is 2.88 bits per heavy atom. The summed E-state index contributed by atoms with van der Waals surface area (Å²) in [4.78, 5) is 28.9. The van der Waals surface area contributed by atoms with Gasteiger partial charge < -0.3 is 4.98 Å². The molecule has 1 aromatic carbocycles. The van der Waals surface area contributed by atoms with Crippen LogP contribution in [0.3, 0.4) is 0 Å². The molecule has 0 aliphatic heterocycles. The second-order valence-corrected chi connectivity index (χ2v) is 6.44. The van der Waals surface area contributed by atoms with E-state index in [-0.39, 0.29) is 5.91 Å². The van der Waals surface area contributed by atoms with E-state index < -0.39 is 5.82 Å². The summed E-state index contributed by atoms with van der Waals surface area (Å²) in [5.74, 6) is -0.0751. The number of pyridine rings is 2. The molecule has 1 aliphatic carbocycles. The zero-order valence-corrected chi connectivity index (χ0v) is 13.7. The first kappa shape index (κ1) is 14.9. The number of nitrogens with one attached hydrogen (secondary N) is 2. The van der Waals surface area contributed by atoms with Gasteiger partial charge in [0.05, 0.1) is 16.6 Å². The Hall–Kier alpha value is -3.35. The molecule has 4 aromatic rings. The van der Waals surface area contributed by atoms with Crippen molar-refractivity contribution < 1.29 is 9.18 Å². The Morgan fingerprint density at radius 2 is 2.08 bits per heavy atom. The summed E-state index contributed by atoms with van der Waals surface area (Å²) < 4.78 is 13.7. The van der Waals surface area contributed by atoms with Crippen molar-refractivity contribution in [3.05, 3.63) is 59.7 Å². The number of aromatic nitrogens is 4. The van der Waals surface area contributed by atoms with Crippen LogP contribution in [-0.4, -0.2) is 25.8 Å². The summed E-state index contributed by atoms with van der Waals surface area (Å²) >= 11 is 0. The fraction of sp³-hybridized carbons (Fsp3) is 0.158. The lowest BCUT2D eigenvalue weighted by Crippen LogP contribution is -2.14. The van der Waals surface area contributed by atoms with Crippen molar-refractivity contribution in [1.29, 1.82) is 0 Å².